The molecule has 1 aromatic carbocycles. The number of carbonyl (C=O) groups excluding carboxylic acids is 1. The van der Waals surface area contributed by atoms with Gasteiger partial charge in [-0.2, -0.15) is 0 Å². The molecule has 0 aliphatic carbocycles. The van der Waals surface area contributed by atoms with Gasteiger partial charge in [-0.15, -0.1) is 0 Å². The highest BCUT2D eigenvalue weighted by Gasteiger charge is 2.42. The van der Waals surface area contributed by atoms with Crippen LogP contribution in [0.25, 0.3) is 0 Å². The molecule has 1 amide bonds. The third kappa shape index (κ3) is 2.48. The third-order valence-corrected chi connectivity index (χ3v) is 4.39. The molecule has 0 N–H and O–H groups in total. The zero-order valence-corrected chi connectivity index (χ0v) is 11.8. The van der Waals surface area contributed by atoms with E-state index in [1.165, 1.54) is 12.0 Å². The van der Waals surface area contributed by atoms with Crippen LogP contribution >= 0.6 is 0 Å². The Morgan fingerprint density at radius 1 is 1.24 bits per heavy atom. The Kier molecular flexibility index (Phi) is 3.57. The normalized spacial score (nSPS) is 20.2. The lowest BCUT2D eigenvalue weighted by Gasteiger charge is -2.47. The Bertz CT molecular complexity index is 539. The minimum Gasteiger partial charge on any atom is -0.497 e. The first kappa shape index (κ1) is 14.3. The van der Waals surface area contributed by atoms with Crippen LogP contribution in [0.1, 0.15) is 29.6 Å². The number of piperidine rings is 1. The third-order valence-electron chi connectivity index (χ3n) is 4.39. The SMILES string of the molecule is COc1cc(F)c(C(=O)N2CCC3(CCO3)CC2)c(F)c1. The van der Waals surface area contributed by atoms with E-state index in [-0.39, 0.29) is 11.4 Å². The van der Waals surface area contributed by atoms with Gasteiger partial charge in [0, 0.05) is 25.2 Å². The highest BCUT2D eigenvalue weighted by Crippen LogP contribution is 2.37. The van der Waals surface area contributed by atoms with Crippen molar-refractivity contribution < 1.29 is 23.0 Å². The van der Waals surface area contributed by atoms with Crippen LogP contribution in [0.4, 0.5) is 8.78 Å². The monoisotopic (exact) mass is 297 g/mol. The number of likely N-dealkylation sites (tertiary alicyclic amines) is 1. The molecule has 2 aliphatic rings. The fourth-order valence-electron chi connectivity index (χ4n) is 2.93. The van der Waals surface area contributed by atoms with Gasteiger partial charge in [0.25, 0.3) is 5.91 Å². The molecule has 2 fully saturated rings. The maximum absolute atomic E-state index is 13.9. The Morgan fingerprint density at radius 2 is 1.81 bits per heavy atom. The molecule has 4 nitrogen and oxygen atoms in total. The van der Waals surface area contributed by atoms with E-state index >= 15 is 0 Å². The van der Waals surface area contributed by atoms with Crippen LogP contribution in [0, 0.1) is 11.6 Å². The number of carbonyl (C=O) groups is 1. The molecule has 0 bridgehead atoms. The first-order chi connectivity index (χ1) is 10.0. The zero-order chi connectivity index (χ0) is 15.0. The summed E-state index contributed by atoms with van der Waals surface area (Å²) in [4.78, 5) is 13.8. The van der Waals surface area contributed by atoms with Crippen LogP contribution in [0.5, 0.6) is 5.75 Å². The van der Waals surface area contributed by atoms with Crippen molar-refractivity contribution in [1.29, 1.82) is 0 Å². The molecule has 0 aromatic heterocycles. The van der Waals surface area contributed by atoms with Crippen molar-refractivity contribution in [1.82, 2.24) is 4.90 Å². The molecular formula is C15H17F2NO3. The Hall–Kier alpha value is -1.69. The van der Waals surface area contributed by atoms with Gasteiger partial charge in [-0.1, -0.05) is 0 Å². The number of hydrogen-bond acceptors (Lipinski definition) is 3. The number of methoxy groups -OCH3 is 1. The van der Waals surface area contributed by atoms with E-state index in [0.717, 1.165) is 38.0 Å². The van der Waals surface area contributed by atoms with Gasteiger partial charge in [0.1, 0.15) is 22.9 Å². The van der Waals surface area contributed by atoms with Crippen molar-refractivity contribution in [2.45, 2.75) is 24.9 Å². The van der Waals surface area contributed by atoms with E-state index in [2.05, 4.69) is 0 Å². The van der Waals surface area contributed by atoms with Crippen molar-refractivity contribution >= 4 is 5.91 Å². The molecular weight excluding hydrogens is 280 g/mol. The molecule has 2 aliphatic heterocycles. The van der Waals surface area contributed by atoms with E-state index in [0.29, 0.717) is 13.1 Å². The smallest absolute Gasteiger partial charge is 0.259 e. The lowest BCUT2D eigenvalue weighted by molar-refractivity contribution is -0.169. The number of amides is 1. The van der Waals surface area contributed by atoms with E-state index in [1.807, 2.05) is 0 Å². The van der Waals surface area contributed by atoms with Gasteiger partial charge in [-0.25, -0.2) is 8.78 Å². The number of nitrogens with zero attached hydrogens (tertiary/aromatic N) is 1. The summed E-state index contributed by atoms with van der Waals surface area (Å²) in [7, 11) is 1.32. The summed E-state index contributed by atoms with van der Waals surface area (Å²) in [6.07, 6.45) is 2.44. The van der Waals surface area contributed by atoms with Gasteiger partial charge in [-0.05, 0) is 19.3 Å². The number of rotatable bonds is 2. The predicted octanol–water partition coefficient (Wildman–Crippen LogP) is 2.37. The summed E-state index contributed by atoms with van der Waals surface area (Å²) in [5, 5.41) is 0. The van der Waals surface area contributed by atoms with Gasteiger partial charge >= 0.3 is 0 Å². The molecule has 0 atom stereocenters. The van der Waals surface area contributed by atoms with Gasteiger partial charge in [0.15, 0.2) is 0 Å². The molecule has 3 rings (SSSR count). The van der Waals surface area contributed by atoms with Crippen LogP contribution in [0.15, 0.2) is 12.1 Å². The molecule has 0 radical (unpaired) electrons. The minimum atomic E-state index is -0.892. The summed E-state index contributed by atoms with van der Waals surface area (Å²) in [6, 6.07) is 2.05. The van der Waals surface area contributed by atoms with Gasteiger partial charge < -0.3 is 14.4 Å². The topological polar surface area (TPSA) is 38.8 Å². The predicted molar refractivity (Wildman–Crippen MR) is 71.3 cm³/mol. The number of benzene rings is 1. The Balaban J connectivity index is 1.76. The summed E-state index contributed by atoms with van der Waals surface area (Å²) in [5.74, 6) is -2.34. The number of halogens is 2. The molecule has 0 saturated carbocycles. The average Bonchev–Trinajstić information content (AvgIpc) is 2.44. The number of ether oxygens (including phenoxy) is 2. The molecule has 21 heavy (non-hydrogen) atoms. The van der Waals surface area contributed by atoms with E-state index < -0.39 is 23.1 Å². The van der Waals surface area contributed by atoms with Crippen LogP contribution in [0.2, 0.25) is 0 Å². The van der Waals surface area contributed by atoms with Crippen LogP contribution in [0.3, 0.4) is 0 Å². The van der Waals surface area contributed by atoms with Crippen LogP contribution in [-0.4, -0.2) is 43.2 Å². The zero-order valence-electron chi connectivity index (χ0n) is 11.8. The maximum Gasteiger partial charge on any atom is 0.259 e. The quantitative estimate of drug-likeness (QED) is 0.841. The summed E-state index contributed by atoms with van der Waals surface area (Å²) in [5.41, 5.74) is -0.616. The highest BCUT2D eigenvalue weighted by molar-refractivity contribution is 5.95. The van der Waals surface area contributed by atoms with Crippen LogP contribution in [-0.2, 0) is 4.74 Å². The molecule has 1 spiro atoms. The molecule has 6 heteroatoms. The van der Waals surface area contributed by atoms with Gasteiger partial charge in [-0.3, -0.25) is 4.79 Å². The average molecular weight is 297 g/mol. The summed E-state index contributed by atoms with van der Waals surface area (Å²) < 4.78 is 38.2. The molecule has 0 unspecified atom stereocenters. The van der Waals surface area contributed by atoms with Gasteiger partial charge in [0.05, 0.1) is 19.3 Å². The van der Waals surface area contributed by atoms with E-state index in [4.69, 9.17) is 9.47 Å². The first-order valence-corrected chi connectivity index (χ1v) is 7.01. The largest absolute Gasteiger partial charge is 0.497 e. The van der Waals surface area contributed by atoms with Crippen molar-refractivity contribution in [2.24, 2.45) is 0 Å². The Labute approximate surface area is 121 Å². The molecule has 2 heterocycles. The standard InChI is InChI=1S/C15H17F2NO3/c1-20-10-8-11(16)13(12(17)9-10)14(19)18-5-2-15(3-6-18)4-7-21-15/h8-9H,2-7H2,1H3. The maximum atomic E-state index is 13.9. The minimum absolute atomic E-state index is 0.0574. The fraction of sp³-hybridized carbons (Fsp3) is 0.533. The summed E-state index contributed by atoms with van der Waals surface area (Å²) >= 11 is 0. The fourth-order valence-corrected chi connectivity index (χ4v) is 2.93. The second kappa shape index (κ2) is 5.26. The lowest BCUT2D eigenvalue weighted by Crippen LogP contribution is -2.53. The van der Waals surface area contributed by atoms with Crippen molar-refractivity contribution in [2.75, 3.05) is 26.8 Å². The molecule has 1 aromatic rings. The first-order valence-electron chi connectivity index (χ1n) is 7.01. The van der Waals surface area contributed by atoms with Crippen molar-refractivity contribution in [3.05, 3.63) is 29.3 Å². The van der Waals surface area contributed by atoms with Crippen molar-refractivity contribution in [3.8, 4) is 5.75 Å². The van der Waals surface area contributed by atoms with Crippen LogP contribution < -0.4 is 4.74 Å². The molecule has 114 valence electrons. The summed E-state index contributed by atoms with van der Waals surface area (Å²) in [6.45, 7) is 1.68. The van der Waals surface area contributed by atoms with E-state index in [1.54, 1.807) is 0 Å². The van der Waals surface area contributed by atoms with E-state index in [9.17, 15) is 13.6 Å². The lowest BCUT2D eigenvalue weighted by atomic mass is 9.84. The molecule has 2 saturated heterocycles. The highest BCUT2D eigenvalue weighted by atomic mass is 19.1. The second-order valence-electron chi connectivity index (χ2n) is 5.54. The van der Waals surface area contributed by atoms with Crippen molar-refractivity contribution in [3.63, 3.8) is 0 Å². The van der Waals surface area contributed by atoms with Gasteiger partial charge in [0.2, 0.25) is 0 Å². The number of hydrogen-bond donors (Lipinski definition) is 0. The second-order valence-corrected chi connectivity index (χ2v) is 5.54. The Morgan fingerprint density at radius 3 is 2.24 bits per heavy atom.